The van der Waals surface area contributed by atoms with E-state index in [2.05, 4.69) is 16.0 Å². The van der Waals surface area contributed by atoms with Crippen molar-refractivity contribution in [3.8, 4) is 0 Å². The minimum atomic E-state index is -0.765. The molecule has 0 aromatic heterocycles. The Morgan fingerprint density at radius 3 is 2.73 bits per heavy atom. The normalized spacial score (nSPS) is 15.7. The highest BCUT2D eigenvalue weighted by atomic mass is 35.5. The van der Waals surface area contributed by atoms with Gasteiger partial charge in [0, 0.05) is 24.8 Å². The Labute approximate surface area is 153 Å². The van der Waals surface area contributed by atoms with Crippen LogP contribution in [0.2, 0.25) is 5.02 Å². The van der Waals surface area contributed by atoms with Crippen molar-refractivity contribution in [3.63, 3.8) is 0 Å². The fraction of sp³-hybridized carbons (Fsp3) is 0.167. The highest BCUT2D eigenvalue weighted by molar-refractivity contribution is 6.34. The average Bonchev–Trinajstić information content (AvgIpc) is 2.61. The zero-order chi connectivity index (χ0) is 18.8. The van der Waals surface area contributed by atoms with E-state index in [4.69, 9.17) is 11.6 Å². The Kier molecular flexibility index (Phi) is 4.90. The zero-order valence-corrected chi connectivity index (χ0v) is 14.5. The van der Waals surface area contributed by atoms with Gasteiger partial charge in [0.1, 0.15) is 5.82 Å². The lowest BCUT2D eigenvalue weighted by Crippen LogP contribution is -2.31. The first-order valence-corrected chi connectivity index (χ1v) is 8.18. The lowest BCUT2D eigenvalue weighted by Gasteiger charge is -2.25. The van der Waals surface area contributed by atoms with Gasteiger partial charge in [-0.05, 0) is 35.9 Å². The Balaban J connectivity index is 1.87. The quantitative estimate of drug-likeness (QED) is 0.770. The molecule has 3 rings (SSSR count). The summed E-state index contributed by atoms with van der Waals surface area (Å²) in [5.41, 5.74) is 1.40. The van der Waals surface area contributed by atoms with Crippen LogP contribution in [-0.4, -0.2) is 24.8 Å². The number of halogens is 2. The Hall–Kier alpha value is -2.93. The predicted molar refractivity (Wildman–Crippen MR) is 95.9 cm³/mol. The SMILES string of the molecule is CNC(=O)c1cc(NC(=O)C2CC(=O)Nc3cc(F)ccc32)ccc1Cl. The molecule has 2 aromatic carbocycles. The van der Waals surface area contributed by atoms with Crippen LogP contribution in [0.3, 0.4) is 0 Å². The number of rotatable bonds is 3. The van der Waals surface area contributed by atoms with Crippen LogP contribution in [0.25, 0.3) is 0 Å². The molecular formula is C18H15ClFN3O3. The first-order chi connectivity index (χ1) is 12.4. The summed E-state index contributed by atoms with van der Waals surface area (Å²) in [5, 5.41) is 7.96. The van der Waals surface area contributed by atoms with Gasteiger partial charge in [-0.25, -0.2) is 4.39 Å². The Bertz CT molecular complexity index is 917. The number of hydrogen-bond acceptors (Lipinski definition) is 3. The van der Waals surface area contributed by atoms with E-state index in [0.29, 0.717) is 11.3 Å². The van der Waals surface area contributed by atoms with Crippen molar-refractivity contribution in [1.29, 1.82) is 0 Å². The average molecular weight is 376 g/mol. The summed E-state index contributed by atoms with van der Waals surface area (Å²) in [5.74, 6) is -2.45. The number of benzene rings is 2. The maximum Gasteiger partial charge on any atom is 0.252 e. The van der Waals surface area contributed by atoms with Crippen LogP contribution in [-0.2, 0) is 9.59 Å². The van der Waals surface area contributed by atoms with E-state index < -0.39 is 17.6 Å². The third-order valence-corrected chi connectivity index (χ3v) is 4.41. The highest BCUT2D eigenvalue weighted by Crippen LogP contribution is 2.33. The number of nitrogens with one attached hydrogen (secondary N) is 3. The van der Waals surface area contributed by atoms with Gasteiger partial charge >= 0.3 is 0 Å². The molecule has 8 heteroatoms. The number of fused-ring (bicyclic) bond motifs is 1. The molecule has 0 fully saturated rings. The fourth-order valence-corrected chi connectivity index (χ4v) is 3.02. The standard InChI is InChI=1S/C18H15ClFN3O3/c1-21-17(25)13-7-10(3-5-14(13)19)22-18(26)12-8-16(24)23-15-6-9(20)2-4-11(12)15/h2-7,12H,8H2,1H3,(H,21,25)(H,22,26)(H,23,24). The Morgan fingerprint density at radius 1 is 1.23 bits per heavy atom. The van der Waals surface area contributed by atoms with Crippen LogP contribution >= 0.6 is 11.6 Å². The second kappa shape index (κ2) is 7.13. The van der Waals surface area contributed by atoms with Crippen molar-refractivity contribution >= 4 is 40.7 Å². The maximum atomic E-state index is 13.4. The van der Waals surface area contributed by atoms with E-state index in [1.54, 1.807) is 6.07 Å². The number of carbonyl (C=O) groups excluding carboxylic acids is 3. The Morgan fingerprint density at radius 2 is 2.00 bits per heavy atom. The molecule has 1 atom stereocenters. The van der Waals surface area contributed by atoms with Crippen LogP contribution < -0.4 is 16.0 Å². The first-order valence-electron chi connectivity index (χ1n) is 7.81. The molecule has 2 aromatic rings. The first kappa shape index (κ1) is 17.9. The van der Waals surface area contributed by atoms with Crippen LogP contribution in [0.15, 0.2) is 36.4 Å². The second-order valence-electron chi connectivity index (χ2n) is 5.80. The van der Waals surface area contributed by atoms with Crippen LogP contribution in [0.1, 0.15) is 28.3 Å². The molecule has 134 valence electrons. The van der Waals surface area contributed by atoms with Gasteiger partial charge in [0.2, 0.25) is 11.8 Å². The molecule has 0 saturated heterocycles. The lowest BCUT2D eigenvalue weighted by molar-refractivity contribution is -0.123. The summed E-state index contributed by atoms with van der Waals surface area (Å²) in [6.45, 7) is 0. The molecule has 3 amide bonds. The van der Waals surface area contributed by atoms with Gasteiger partial charge in [-0.15, -0.1) is 0 Å². The largest absolute Gasteiger partial charge is 0.355 e. The van der Waals surface area contributed by atoms with Gasteiger partial charge in [0.05, 0.1) is 16.5 Å². The van der Waals surface area contributed by atoms with Crippen LogP contribution in [0, 0.1) is 5.82 Å². The number of hydrogen-bond donors (Lipinski definition) is 3. The molecule has 6 nitrogen and oxygen atoms in total. The zero-order valence-electron chi connectivity index (χ0n) is 13.7. The van der Waals surface area contributed by atoms with Crippen LogP contribution in [0.5, 0.6) is 0 Å². The summed E-state index contributed by atoms with van der Waals surface area (Å²) in [4.78, 5) is 36.3. The minimum absolute atomic E-state index is 0.0552. The predicted octanol–water partition coefficient (Wildman–Crippen LogP) is 2.90. The molecular weight excluding hydrogens is 361 g/mol. The summed E-state index contributed by atoms with van der Waals surface area (Å²) in [6, 6.07) is 8.40. The molecule has 1 unspecified atom stereocenters. The van der Waals surface area contributed by atoms with Crippen molar-refractivity contribution in [2.45, 2.75) is 12.3 Å². The minimum Gasteiger partial charge on any atom is -0.355 e. The van der Waals surface area contributed by atoms with Crippen molar-refractivity contribution in [3.05, 3.63) is 58.4 Å². The summed E-state index contributed by atoms with van der Waals surface area (Å²) in [7, 11) is 1.47. The highest BCUT2D eigenvalue weighted by Gasteiger charge is 2.31. The summed E-state index contributed by atoms with van der Waals surface area (Å²) >= 11 is 5.99. The van der Waals surface area contributed by atoms with E-state index in [9.17, 15) is 18.8 Å². The molecule has 1 aliphatic heterocycles. The van der Waals surface area contributed by atoms with E-state index in [0.717, 1.165) is 0 Å². The van der Waals surface area contributed by atoms with Crippen LogP contribution in [0.4, 0.5) is 15.8 Å². The molecule has 26 heavy (non-hydrogen) atoms. The van der Waals surface area contributed by atoms with Gasteiger partial charge < -0.3 is 16.0 Å². The molecule has 0 spiro atoms. The summed E-state index contributed by atoms with van der Waals surface area (Å²) in [6.07, 6.45) is -0.0552. The van der Waals surface area contributed by atoms with Gasteiger partial charge in [0.25, 0.3) is 5.91 Å². The third-order valence-electron chi connectivity index (χ3n) is 4.08. The number of amides is 3. The van der Waals surface area contributed by atoms with Crippen molar-refractivity contribution in [2.24, 2.45) is 0 Å². The maximum absolute atomic E-state index is 13.4. The topological polar surface area (TPSA) is 87.3 Å². The van der Waals surface area contributed by atoms with E-state index >= 15 is 0 Å². The van der Waals surface area contributed by atoms with Gasteiger partial charge in [-0.2, -0.15) is 0 Å². The van der Waals surface area contributed by atoms with E-state index in [1.807, 2.05) is 0 Å². The van der Waals surface area contributed by atoms with Crippen molar-refractivity contribution < 1.29 is 18.8 Å². The van der Waals surface area contributed by atoms with Gasteiger partial charge in [0.15, 0.2) is 0 Å². The number of carbonyl (C=O) groups is 3. The van der Waals surface area contributed by atoms with Crippen molar-refractivity contribution in [2.75, 3.05) is 17.7 Å². The third kappa shape index (κ3) is 3.52. The number of anilines is 2. The molecule has 1 heterocycles. The summed E-state index contributed by atoms with van der Waals surface area (Å²) < 4.78 is 13.4. The molecule has 0 saturated carbocycles. The monoisotopic (exact) mass is 375 g/mol. The smallest absolute Gasteiger partial charge is 0.252 e. The second-order valence-corrected chi connectivity index (χ2v) is 6.21. The molecule has 0 radical (unpaired) electrons. The van der Waals surface area contributed by atoms with Gasteiger partial charge in [-0.1, -0.05) is 17.7 Å². The van der Waals surface area contributed by atoms with E-state index in [-0.39, 0.29) is 34.5 Å². The lowest BCUT2D eigenvalue weighted by atomic mass is 9.89. The molecule has 1 aliphatic rings. The molecule has 0 aliphatic carbocycles. The van der Waals surface area contributed by atoms with Gasteiger partial charge in [-0.3, -0.25) is 14.4 Å². The molecule has 3 N–H and O–H groups in total. The molecule has 0 bridgehead atoms. The fourth-order valence-electron chi connectivity index (χ4n) is 2.81. The van der Waals surface area contributed by atoms with E-state index in [1.165, 1.54) is 37.4 Å². The van der Waals surface area contributed by atoms with Crippen molar-refractivity contribution in [1.82, 2.24) is 5.32 Å².